The molecule has 1 aromatic heterocycles. The fraction of sp³-hybridized carbons (Fsp3) is 0.200. The fourth-order valence-electron chi connectivity index (χ4n) is 1.14. The Labute approximate surface area is 101 Å². The van der Waals surface area contributed by atoms with E-state index in [-0.39, 0.29) is 5.02 Å². The number of hydrogen-bond acceptors (Lipinski definition) is 4. The van der Waals surface area contributed by atoms with E-state index in [0.29, 0.717) is 10.8 Å². The first-order chi connectivity index (χ1) is 7.69. The molecule has 0 amide bonds. The maximum Gasteiger partial charge on any atom is 0.210 e. The quantitative estimate of drug-likeness (QED) is 0.912. The summed E-state index contributed by atoms with van der Waals surface area (Å²) in [4.78, 5) is 0. The molecule has 2 rings (SSSR count). The van der Waals surface area contributed by atoms with E-state index in [1.807, 2.05) is 6.92 Å². The van der Waals surface area contributed by atoms with Crippen molar-refractivity contribution in [3.8, 4) is 0 Å². The van der Waals surface area contributed by atoms with Crippen LogP contribution in [0.1, 0.15) is 11.9 Å². The number of nitrogens with one attached hydrogen (secondary N) is 1. The summed E-state index contributed by atoms with van der Waals surface area (Å²) in [6, 6.07) is 4.44. The summed E-state index contributed by atoms with van der Waals surface area (Å²) in [7, 11) is 0. The van der Waals surface area contributed by atoms with Gasteiger partial charge in [-0.2, -0.15) is 0 Å². The Balaban J connectivity index is 2.17. The Morgan fingerprint density at radius 3 is 2.88 bits per heavy atom. The molecule has 0 aliphatic heterocycles. The summed E-state index contributed by atoms with van der Waals surface area (Å²) >= 11 is 7.13. The molecule has 3 nitrogen and oxygen atoms in total. The lowest BCUT2D eigenvalue weighted by molar-refractivity contribution is 0.628. The minimum Gasteiger partial charge on any atom is -0.330 e. The zero-order valence-corrected chi connectivity index (χ0v) is 10.1. The van der Waals surface area contributed by atoms with Crippen molar-refractivity contribution in [3.05, 3.63) is 34.0 Å². The molecule has 0 saturated heterocycles. The molecule has 1 heterocycles. The van der Waals surface area contributed by atoms with Crippen LogP contribution in [0.4, 0.5) is 15.2 Å². The van der Waals surface area contributed by atoms with Crippen molar-refractivity contribution in [1.82, 2.24) is 10.2 Å². The normalized spacial score (nSPS) is 10.4. The van der Waals surface area contributed by atoms with Crippen LogP contribution in [-0.2, 0) is 6.42 Å². The predicted octanol–water partition coefficient (Wildman–Crippen LogP) is 3.64. The van der Waals surface area contributed by atoms with Crippen LogP contribution in [0.25, 0.3) is 0 Å². The molecule has 0 unspecified atom stereocenters. The second-order valence-electron chi connectivity index (χ2n) is 3.11. The van der Waals surface area contributed by atoms with E-state index in [1.165, 1.54) is 23.5 Å². The Bertz CT molecular complexity index is 501. The van der Waals surface area contributed by atoms with Crippen molar-refractivity contribution in [2.45, 2.75) is 13.3 Å². The van der Waals surface area contributed by atoms with Crippen LogP contribution in [0.15, 0.2) is 18.2 Å². The topological polar surface area (TPSA) is 37.8 Å². The monoisotopic (exact) mass is 257 g/mol. The number of halogens is 2. The van der Waals surface area contributed by atoms with Crippen LogP contribution in [0.2, 0.25) is 5.02 Å². The zero-order chi connectivity index (χ0) is 11.5. The van der Waals surface area contributed by atoms with E-state index in [4.69, 9.17) is 11.6 Å². The molecule has 0 aliphatic carbocycles. The molecule has 0 bridgehead atoms. The Hall–Kier alpha value is -1.20. The van der Waals surface area contributed by atoms with E-state index < -0.39 is 5.82 Å². The average molecular weight is 258 g/mol. The third-order valence-corrected chi connectivity index (χ3v) is 3.21. The number of hydrogen-bond donors (Lipinski definition) is 1. The largest absolute Gasteiger partial charge is 0.330 e. The first-order valence-electron chi connectivity index (χ1n) is 4.73. The highest BCUT2D eigenvalue weighted by molar-refractivity contribution is 7.15. The summed E-state index contributed by atoms with van der Waals surface area (Å²) in [5, 5.41) is 12.7. The molecular weight excluding hydrogens is 249 g/mol. The van der Waals surface area contributed by atoms with Gasteiger partial charge < -0.3 is 5.32 Å². The zero-order valence-electron chi connectivity index (χ0n) is 8.50. The third kappa shape index (κ3) is 2.48. The smallest absolute Gasteiger partial charge is 0.210 e. The van der Waals surface area contributed by atoms with Gasteiger partial charge in [-0.05, 0) is 24.6 Å². The van der Waals surface area contributed by atoms with Gasteiger partial charge in [0, 0.05) is 5.69 Å². The van der Waals surface area contributed by atoms with Crippen molar-refractivity contribution < 1.29 is 4.39 Å². The van der Waals surface area contributed by atoms with Crippen molar-refractivity contribution in [3.63, 3.8) is 0 Å². The molecule has 84 valence electrons. The maximum atomic E-state index is 12.9. The van der Waals surface area contributed by atoms with E-state index >= 15 is 0 Å². The standard InChI is InChI=1S/C10H9ClFN3S/c1-2-9-14-15-10(16-9)13-6-3-4-8(12)7(11)5-6/h3-5H,2H2,1H3,(H,13,15). The van der Waals surface area contributed by atoms with Crippen LogP contribution >= 0.6 is 22.9 Å². The van der Waals surface area contributed by atoms with E-state index in [2.05, 4.69) is 15.5 Å². The van der Waals surface area contributed by atoms with Crippen molar-refractivity contribution >= 4 is 33.8 Å². The summed E-state index contributed by atoms with van der Waals surface area (Å²) in [6.07, 6.45) is 0.851. The first-order valence-corrected chi connectivity index (χ1v) is 5.93. The summed E-state index contributed by atoms with van der Waals surface area (Å²) in [5.41, 5.74) is 0.699. The fourth-order valence-corrected chi connectivity index (χ4v) is 2.02. The van der Waals surface area contributed by atoms with Crippen LogP contribution in [0.5, 0.6) is 0 Å². The molecule has 1 aromatic carbocycles. The van der Waals surface area contributed by atoms with Crippen LogP contribution in [-0.4, -0.2) is 10.2 Å². The van der Waals surface area contributed by atoms with Crippen LogP contribution in [0, 0.1) is 5.82 Å². The van der Waals surface area contributed by atoms with Crippen LogP contribution < -0.4 is 5.32 Å². The molecule has 16 heavy (non-hydrogen) atoms. The van der Waals surface area contributed by atoms with Crippen LogP contribution in [0.3, 0.4) is 0 Å². The van der Waals surface area contributed by atoms with E-state index in [1.54, 1.807) is 6.07 Å². The molecule has 0 fully saturated rings. The maximum absolute atomic E-state index is 12.9. The molecule has 1 N–H and O–H groups in total. The summed E-state index contributed by atoms with van der Waals surface area (Å²) in [6.45, 7) is 2.01. The molecule has 0 radical (unpaired) electrons. The van der Waals surface area contributed by atoms with E-state index in [9.17, 15) is 4.39 Å². The molecular formula is C10H9ClFN3S. The lowest BCUT2D eigenvalue weighted by Crippen LogP contribution is -1.90. The van der Waals surface area contributed by atoms with Gasteiger partial charge in [0.05, 0.1) is 5.02 Å². The molecule has 0 aliphatic rings. The molecule has 0 spiro atoms. The minimum absolute atomic E-state index is 0.0882. The van der Waals surface area contributed by atoms with Gasteiger partial charge in [-0.25, -0.2) is 4.39 Å². The van der Waals surface area contributed by atoms with Gasteiger partial charge in [0.25, 0.3) is 0 Å². The second kappa shape index (κ2) is 4.76. The van der Waals surface area contributed by atoms with Gasteiger partial charge in [-0.15, -0.1) is 10.2 Å². The lowest BCUT2D eigenvalue weighted by atomic mass is 10.3. The highest BCUT2D eigenvalue weighted by Gasteiger charge is 2.04. The number of nitrogens with zero attached hydrogens (tertiary/aromatic N) is 2. The van der Waals surface area contributed by atoms with Gasteiger partial charge in [0.2, 0.25) is 5.13 Å². The molecule has 2 aromatic rings. The number of aryl methyl sites for hydroxylation is 1. The minimum atomic E-state index is -0.432. The van der Waals surface area contributed by atoms with Gasteiger partial charge >= 0.3 is 0 Å². The molecule has 0 saturated carbocycles. The van der Waals surface area contributed by atoms with Gasteiger partial charge in [-0.1, -0.05) is 29.9 Å². The van der Waals surface area contributed by atoms with Crippen molar-refractivity contribution in [2.75, 3.05) is 5.32 Å². The van der Waals surface area contributed by atoms with Crippen molar-refractivity contribution in [1.29, 1.82) is 0 Å². The third-order valence-electron chi connectivity index (χ3n) is 1.94. The number of anilines is 2. The Kier molecular flexibility index (Phi) is 3.36. The van der Waals surface area contributed by atoms with Crippen molar-refractivity contribution in [2.24, 2.45) is 0 Å². The number of aromatic nitrogens is 2. The molecule has 6 heteroatoms. The highest BCUT2D eigenvalue weighted by atomic mass is 35.5. The SMILES string of the molecule is CCc1nnc(Nc2ccc(F)c(Cl)c2)s1. The first kappa shape index (κ1) is 11.3. The number of benzene rings is 1. The van der Waals surface area contributed by atoms with Gasteiger partial charge in [0.1, 0.15) is 10.8 Å². The second-order valence-corrected chi connectivity index (χ2v) is 4.58. The molecule has 0 atom stereocenters. The highest BCUT2D eigenvalue weighted by Crippen LogP contribution is 2.24. The summed E-state index contributed by atoms with van der Waals surface area (Å²) < 4.78 is 12.9. The van der Waals surface area contributed by atoms with E-state index in [0.717, 1.165) is 11.4 Å². The lowest BCUT2D eigenvalue weighted by Gasteiger charge is -2.02. The van der Waals surface area contributed by atoms with Gasteiger partial charge in [0.15, 0.2) is 0 Å². The predicted molar refractivity (Wildman–Crippen MR) is 64.0 cm³/mol. The number of rotatable bonds is 3. The summed E-state index contributed by atoms with van der Waals surface area (Å²) in [5.74, 6) is -0.432. The Morgan fingerprint density at radius 2 is 2.25 bits per heavy atom. The Morgan fingerprint density at radius 1 is 1.44 bits per heavy atom. The average Bonchev–Trinajstić information content (AvgIpc) is 2.71. The van der Waals surface area contributed by atoms with Gasteiger partial charge in [-0.3, -0.25) is 0 Å².